The van der Waals surface area contributed by atoms with E-state index in [1.807, 2.05) is 24.3 Å². The molecule has 0 unspecified atom stereocenters. The highest BCUT2D eigenvalue weighted by Crippen LogP contribution is 2.18. The Labute approximate surface area is 164 Å². The summed E-state index contributed by atoms with van der Waals surface area (Å²) in [4.78, 5) is 14.6. The molecular weight excluding hydrogens is 374 g/mol. The van der Waals surface area contributed by atoms with Gasteiger partial charge in [0, 0.05) is 11.3 Å². The Morgan fingerprint density at radius 1 is 0.929 bits per heavy atom. The molecule has 0 aliphatic carbocycles. The number of anilines is 1. The first-order chi connectivity index (χ1) is 13.5. The highest BCUT2D eigenvalue weighted by Gasteiger charge is 2.18. The van der Waals surface area contributed by atoms with Crippen molar-refractivity contribution in [1.82, 2.24) is 4.83 Å². The summed E-state index contributed by atoms with van der Waals surface area (Å²) in [5.74, 6) is -0.393. The van der Waals surface area contributed by atoms with Crippen LogP contribution in [0.5, 0.6) is 0 Å². The van der Waals surface area contributed by atoms with Crippen LogP contribution in [0.4, 0.5) is 5.69 Å². The first-order valence-electron chi connectivity index (χ1n) is 8.53. The van der Waals surface area contributed by atoms with Crippen molar-refractivity contribution >= 4 is 27.8 Å². The van der Waals surface area contributed by atoms with E-state index in [-0.39, 0.29) is 10.5 Å². The Morgan fingerprint density at radius 2 is 1.57 bits per heavy atom. The van der Waals surface area contributed by atoms with Crippen LogP contribution >= 0.6 is 0 Å². The second-order valence-electron chi connectivity index (χ2n) is 6.06. The summed E-state index contributed by atoms with van der Waals surface area (Å²) in [6.45, 7) is 1.66. The minimum atomic E-state index is -3.92. The maximum Gasteiger partial charge on any atom is 0.276 e. The van der Waals surface area contributed by atoms with E-state index in [4.69, 9.17) is 0 Å². The van der Waals surface area contributed by atoms with Crippen LogP contribution in [0.1, 0.15) is 21.5 Å². The second-order valence-corrected chi connectivity index (χ2v) is 7.69. The van der Waals surface area contributed by atoms with Crippen LogP contribution in [-0.4, -0.2) is 20.5 Å². The predicted molar refractivity (Wildman–Crippen MR) is 110 cm³/mol. The molecule has 0 bridgehead atoms. The van der Waals surface area contributed by atoms with Crippen molar-refractivity contribution in [1.29, 1.82) is 0 Å². The number of hydrazone groups is 1. The van der Waals surface area contributed by atoms with Gasteiger partial charge in [0.15, 0.2) is 0 Å². The maximum atomic E-state index is 12.6. The quantitative estimate of drug-likeness (QED) is 0.496. The topological polar surface area (TPSA) is 87.6 Å². The molecule has 2 N–H and O–H groups in total. The molecule has 0 saturated carbocycles. The van der Waals surface area contributed by atoms with E-state index in [1.54, 1.807) is 55.5 Å². The summed E-state index contributed by atoms with van der Waals surface area (Å²) in [5, 5.41) is 6.55. The number of aryl methyl sites for hydroxylation is 1. The van der Waals surface area contributed by atoms with E-state index in [1.165, 1.54) is 12.3 Å². The Balaban J connectivity index is 1.80. The first kappa shape index (κ1) is 19.3. The van der Waals surface area contributed by atoms with Crippen LogP contribution in [0.2, 0.25) is 0 Å². The minimum Gasteiger partial charge on any atom is -0.322 e. The molecule has 0 fully saturated rings. The number of hydrogen-bond donors (Lipinski definition) is 2. The van der Waals surface area contributed by atoms with Gasteiger partial charge in [-0.25, -0.2) is 4.83 Å². The summed E-state index contributed by atoms with van der Waals surface area (Å²) in [7, 11) is -3.92. The molecule has 0 saturated heterocycles. The largest absolute Gasteiger partial charge is 0.322 e. The van der Waals surface area contributed by atoms with Crippen LogP contribution in [0.25, 0.3) is 0 Å². The average molecular weight is 393 g/mol. The zero-order valence-electron chi connectivity index (χ0n) is 15.2. The normalized spacial score (nSPS) is 11.3. The summed E-state index contributed by atoms with van der Waals surface area (Å²) < 4.78 is 25.2. The molecule has 7 heteroatoms. The molecule has 3 aromatic carbocycles. The monoisotopic (exact) mass is 393 g/mol. The molecule has 142 valence electrons. The van der Waals surface area contributed by atoms with E-state index in [2.05, 4.69) is 15.2 Å². The molecular formula is C21H19N3O3S. The second kappa shape index (κ2) is 8.49. The Hall–Kier alpha value is -3.45. The number of hydrogen-bond acceptors (Lipinski definition) is 4. The Kier molecular flexibility index (Phi) is 5.86. The average Bonchev–Trinajstić information content (AvgIpc) is 2.69. The number of rotatable bonds is 6. The van der Waals surface area contributed by atoms with Gasteiger partial charge in [-0.2, -0.15) is 13.5 Å². The lowest BCUT2D eigenvalue weighted by atomic mass is 10.1. The lowest BCUT2D eigenvalue weighted by molar-refractivity contribution is 0.102. The van der Waals surface area contributed by atoms with E-state index >= 15 is 0 Å². The van der Waals surface area contributed by atoms with Gasteiger partial charge in [0.2, 0.25) is 0 Å². The number of benzene rings is 3. The summed E-state index contributed by atoms with van der Waals surface area (Å²) in [6, 6.07) is 22.6. The SMILES string of the molecule is Cc1ccc(C(=O)Nc2ccccc2)cc1S(=O)(=O)N/N=C\c1ccccc1. The molecule has 0 aromatic heterocycles. The lowest BCUT2D eigenvalue weighted by Gasteiger charge is -2.10. The number of sulfonamides is 1. The Morgan fingerprint density at radius 3 is 2.25 bits per heavy atom. The van der Waals surface area contributed by atoms with Crippen LogP contribution in [0.15, 0.2) is 88.9 Å². The summed E-state index contributed by atoms with van der Waals surface area (Å²) in [6.07, 6.45) is 1.42. The molecule has 3 rings (SSSR count). The van der Waals surface area contributed by atoms with Crippen molar-refractivity contribution in [3.63, 3.8) is 0 Å². The van der Waals surface area contributed by atoms with Crippen molar-refractivity contribution in [2.75, 3.05) is 5.32 Å². The lowest BCUT2D eigenvalue weighted by Crippen LogP contribution is -2.20. The number of carbonyl (C=O) groups excluding carboxylic acids is 1. The van der Waals surface area contributed by atoms with Gasteiger partial charge in [-0.15, -0.1) is 0 Å². The molecule has 3 aromatic rings. The van der Waals surface area contributed by atoms with Gasteiger partial charge in [0.1, 0.15) is 0 Å². The third-order valence-corrected chi connectivity index (χ3v) is 5.32. The standard InChI is InChI=1S/C21H19N3O3S/c1-16-12-13-18(21(25)23-19-10-6-3-7-11-19)14-20(16)28(26,27)24-22-15-17-8-4-2-5-9-17/h2-15,24H,1H3,(H,23,25)/b22-15-. The minimum absolute atomic E-state index is 0.00146. The van der Waals surface area contributed by atoms with Crippen LogP contribution in [-0.2, 0) is 10.0 Å². The number of nitrogens with one attached hydrogen (secondary N) is 2. The van der Waals surface area contributed by atoms with Gasteiger partial charge >= 0.3 is 0 Å². The van der Waals surface area contributed by atoms with Gasteiger partial charge in [-0.3, -0.25) is 4.79 Å². The van der Waals surface area contributed by atoms with Crippen molar-refractivity contribution in [3.05, 3.63) is 95.6 Å². The molecule has 0 aliphatic heterocycles. The van der Waals surface area contributed by atoms with Gasteiger partial charge in [0.05, 0.1) is 11.1 Å². The van der Waals surface area contributed by atoms with Gasteiger partial charge < -0.3 is 5.32 Å². The Bertz CT molecular complexity index is 1100. The highest BCUT2D eigenvalue weighted by molar-refractivity contribution is 7.89. The van der Waals surface area contributed by atoms with Gasteiger partial charge in [-0.1, -0.05) is 54.6 Å². The van der Waals surface area contributed by atoms with Crippen molar-refractivity contribution in [3.8, 4) is 0 Å². The number of amides is 1. The van der Waals surface area contributed by atoms with Gasteiger partial charge in [0.25, 0.3) is 15.9 Å². The fraction of sp³-hybridized carbons (Fsp3) is 0.0476. The number of para-hydroxylation sites is 1. The van der Waals surface area contributed by atoms with Crippen LogP contribution < -0.4 is 10.1 Å². The number of carbonyl (C=O) groups is 1. The van der Waals surface area contributed by atoms with Gasteiger partial charge in [-0.05, 0) is 42.3 Å². The zero-order chi connectivity index (χ0) is 20.0. The van der Waals surface area contributed by atoms with E-state index in [0.717, 1.165) is 5.56 Å². The molecule has 0 atom stereocenters. The molecule has 0 heterocycles. The molecule has 0 aliphatic rings. The van der Waals surface area contributed by atoms with E-state index in [0.29, 0.717) is 11.3 Å². The third kappa shape index (κ3) is 4.83. The van der Waals surface area contributed by atoms with E-state index in [9.17, 15) is 13.2 Å². The fourth-order valence-electron chi connectivity index (χ4n) is 2.51. The maximum absolute atomic E-state index is 12.6. The molecule has 0 spiro atoms. The fourth-order valence-corrected chi connectivity index (χ4v) is 3.58. The van der Waals surface area contributed by atoms with Crippen LogP contribution in [0.3, 0.4) is 0 Å². The van der Waals surface area contributed by atoms with E-state index < -0.39 is 15.9 Å². The number of nitrogens with zero attached hydrogens (tertiary/aromatic N) is 1. The summed E-state index contributed by atoms with van der Waals surface area (Å²) in [5.41, 5.74) is 2.14. The summed E-state index contributed by atoms with van der Waals surface area (Å²) >= 11 is 0. The third-order valence-electron chi connectivity index (χ3n) is 3.96. The molecule has 1 amide bonds. The first-order valence-corrected chi connectivity index (χ1v) is 10.0. The molecule has 6 nitrogen and oxygen atoms in total. The smallest absolute Gasteiger partial charge is 0.276 e. The molecule has 0 radical (unpaired) electrons. The van der Waals surface area contributed by atoms with Crippen molar-refractivity contribution < 1.29 is 13.2 Å². The molecule has 28 heavy (non-hydrogen) atoms. The zero-order valence-corrected chi connectivity index (χ0v) is 16.0. The van der Waals surface area contributed by atoms with Crippen molar-refractivity contribution in [2.45, 2.75) is 11.8 Å². The predicted octanol–water partition coefficient (Wildman–Crippen LogP) is 3.56. The van der Waals surface area contributed by atoms with Crippen molar-refractivity contribution in [2.24, 2.45) is 5.10 Å². The highest BCUT2D eigenvalue weighted by atomic mass is 32.2. The van der Waals surface area contributed by atoms with Crippen LogP contribution in [0, 0.1) is 6.92 Å².